The van der Waals surface area contributed by atoms with Crippen LogP contribution in [0.2, 0.25) is 0 Å². The number of carbonyl (C=O) groups is 1. The maximum Gasteiger partial charge on any atom is 0.337 e. The molecule has 0 bridgehead atoms. The number of hydrogen-bond acceptors (Lipinski definition) is 4. The second-order valence-corrected chi connectivity index (χ2v) is 3.51. The predicted molar refractivity (Wildman–Crippen MR) is 65.4 cm³/mol. The normalized spacial score (nSPS) is 9.94. The number of methoxy groups -OCH3 is 1. The minimum absolute atomic E-state index is 0.351. The van der Waals surface area contributed by atoms with Crippen LogP contribution in [0.25, 0.3) is 11.1 Å². The van der Waals surface area contributed by atoms with Crippen LogP contribution in [0.3, 0.4) is 0 Å². The van der Waals surface area contributed by atoms with Crippen molar-refractivity contribution in [1.82, 2.24) is 4.98 Å². The minimum atomic E-state index is -0.351. The number of aromatic nitrogens is 1. The molecule has 86 valence electrons. The Kier molecular flexibility index (Phi) is 3.05. The summed E-state index contributed by atoms with van der Waals surface area (Å²) in [5.74, 6) is 0.119. The lowest BCUT2D eigenvalue weighted by Crippen LogP contribution is -2.00. The predicted octanol–water partition coefficient (Wildman–Crippen LogP) is 2.12. The van der Waals surface area contributed by atoms with E-state index in [1.165, 1.54) is 7.11 Å². The largest absolute Gasteiger partial charge is 0.465 e. The van der Waals surface area contributed by atoms with E-state index in [4.69, 9.17) is 5.73 Å². The fourth-order valence-corrected chi connectivity index (χ4v) is 1.57. The highest BCUT2D eigenvalue weighted by molar-refractivity contribution is 5.90. The van der Waals surface area contributed by atoms with Gasteiger partial charge in [-0.15, -0.1) is 0 Å². The first-order chi connectivity index (χ1) is 8.22. The fourth-order valence-electron chi connectivity index (χ4n) is 1.57. The van der Waals surface area contributed by atoms with Crippen LogP contribution in [0.1, 0.15) is 10.4 Å². The van der Waals surface area contributed by atoms with E-state index in [9.17, 15) is 4.79 Å². The van der Waals surface area contributed by atoms with E-state index >= 15 is 0 Å². The molecule has 0 saturated carbocycles. The first kappa shape index (κ1) is 11.1. The van der Waals surface area contributed by atoms with Crippen LogP contribution >= 0.6 is 0 Å². The number of esters is 1. The lowest BCUT2D eigenvalue weighted by Gasteiger charge is -2.05. The summed E-state index contributed by atoms with van der Waals surface area (Å²) >= 11 is 0. The lowest BCUT2D eigenvalue weighted by molar-refractivity contribution is 0.0601. The Balaban J connectivity index is 2.36. The lowest BCUT2D eigenvalue weighted by atomic mass is 10.0. The van der Waals surface area contributed by atoms with Crippen LogP contribution in [0.4, 0.5) is 5.82 Å². The van der Waals surface area contributed by atoms with Gasteiger partial charge in [-0.1, -0.05) is 12.1 Å². The summed E-state index contributed by atoms with van der Waals surface area (Å²) in [6.07, 6.45) is 1.64. The van der Waals surface area contributed by atoms with E-state index in [2.05, 4.69) is 9.72 Å². The van der Waals surface area contributed by atoms with E-state index in [1.807, 2.05) is 24.3 Å². The van der Waals surface area contributed by atoms with Crippen molar-refractivity contribution in [3.63, 3.8) is 0 Å². The molecule has 4 nitrogen and oxygen atoms in total. The molecule has 0 aliphatic heterocycles. The zero-order valence-corrected chi connectivity index (χ0v) is 9.38. The number of ether oxygens (including phenoxy) is 1. The van der Waals surface area contributed by atoms with Crippen LogP contribution in [0, 0.1) is 0 Å². The van der Waals surface area contributed by atoms with E-state index < -0.39 is 0 Å². The number of anilines is 1. The molecule has 0 unspecified atom stereocenters. The van der Waals surface area contributed by atoms with Crippen LogP contribution in [0.15, 0.2) is 42.6 Å². The van der Waals surface area contributed by atoms with Gasteiger partial charge in [-0.05, 0) is 29.8 Å². The Labute approximate surface area is 99.1 Å². The zero-order valence-electron chi connectivity index (χ0n) is 9.38. The van der Waals surface area contributed by atoms with Gasteiger partial charge >= 0.3 is 5.97 Å². The van der Waals surface area contributed by atoms with Crippen LogP contribution in [-0.2, 0) is 4.74 Å². The molecule has 2 aromatic rings. The first-order valence-electron chi connectivity index (χ1n) is 5.11. The van der Waals surface area contributed by atoms with Crippen molar-refractivity contribution in [1.29, 1.82) is 0 Å². The third-order valence-corrected chi connectivity index (χ3v) is 2.46. The number of hydrogen-bond donors (Lipinski definition) is 1. The molecule has 0 aliphatic rings. The van der Waals surface area contributed by atoms with Crippen molar-refractivity contribution >= 4 is 11.8 Å². The monoisotopic (exact) mass is 228 g/mol. The van der Waals surface area contributed by atoms with Crippen molar-refractivity contribution in [3.05, 3.63) is 48.2 Å². The van der Waals surface area contributed by atoms with Crippen molar-refractivity contribution in [2.75, 3.05) is 12.8 Å². The summed E-state index contributed by atoms with van der Waals surface area (Å²) < 4.78 is 4.63. The second kappa shape index (κ2) is 4.65. The molecule has 0 amide bonds. The van der Waals surface area contributed by atoms with E-state index in [1.54, 1.807) is 18.3 Å². The summed E-state index contributed by atoms with van der Waals surface area (Å²) in [6.45, 7) is 0. The molecule has 0 saturated heterocycles. The first-order valence-corrected chi connectivity index (χ1v) is 5.11. The summed E-state index contributed by atoms with van der Waals surface area (Å²) in [7, 11) is 1.36. The van der Waals surface area contributed by atoms with Crippen molar-refractivity contribution in [2.45, 2.75) is 0 Å². The van der Waals surface area contributed by atoms with Crippen LogP contribution in [0.5, 0.6) is 0 Å². The molecule has 0 radical (unpaired) electrons. The summed E-state index contributed by atoms with van der Waals surface area (Å²) in [5, 5.41) is 0. The van der Waals surface area contributed by atoms with E-state index in [-0.39, 0.29) is 5.97 Å². The van der Waals surface area contributed by atoms with Gasteiger partial charge in [0.2, 0.25) is 0 Å². The van der Waals surface area contributed by atoms with Gasteiger partial charge in [-0.2, -0.15) is 0 Å². The Morgan fingerprint density at radius 2 is 1.94 bits per heavy atom. The third-order valence-electron chi connectivity index (χ3n) is 2.46. The third kappa shape index (κ3) is 2.25. The topological polar surface area (TPSA) is 65.2 Å². The Hall–Kier alpha value is -2.36. The minimum Gasteiger partial charge on any atom is -0.465 e. The molecular formula is C13H12N2O2. The highest BCUT2D eigenvalue weighted by Crippen LogP contribution is 2.23. The van der Waals surface area contributed by atoms with Crippen molar-refractivity contribution < 1.29 is 9.53 Å². The number of carbonyl (C=O) groups excluding carboxylic acids is 1. The Morgan fingerprint density at radius 1 is 1.24 bits per heavy atom. The number of nitrogens with two attached hydrogens (primary N) is 1. The standard InChI is InChI=1S/C13H12N2O2/c1-17-13(16)10-6-4-9(5-7-10)11-3-2-8-15-12(11)14/h2-8H,1H3,(H2,14,15). The quantitative estimate of drug-likeness (QED) is 0.799. The average Bonchev–Trinajstić information content (AvgIpc) is 2.39. The molecular weight excluding hydrogens is 216 g/mol. The highest BCUT2D eigenvalue weighted by atomic mass is 16.5. The molecule has 1 heterocycles. The molecule has 0 fully saturated rings. The average molecular weight is 228 g/mol. The molecule has 0 aliphatic carbocycles. The van der Waals surface area contributed by atoms with Gasteiger partial charge in [-0.3, -0.25) is 0 Å². The molecule has 0 atom stereocenters. The SMILES string of the molecule is COC(=O)c1ccc(-c2cccnc2N)cc1. The number of nitrogen functional groups attached to an aromatic ring is 1. The van der Waals surface area contributed by atoms with E-state index in [0.29, 0.717) is 11.4 Å². The molecule has 2 rings (SSSR count). The van der Waals surface area contributed by atoms with E-state index in [0.717, 1.165) is 11.1 Å². The molecule has 2 N–H and O–H groups in total. The molecule has 4 heteroatoms. The van der Waals surface area contributed by atoms with Gasteiger partial charge < -0.3 is 10.5 Å². The van der Waals surface area contributed by atoms with Crippen molar-refractivity contribution in [2.24, 2.45) is 0 Å². The number of benzene rings is 1. The summed E-state index contributed by atoms with van der Waals surface area (Å²) in [6, 6.07) is 10.7. The van der Waals surface area contributed by atoms with Gasteiger partial charge in [-0.25, -0.2) is 9.78 Å². The van der Waals surface area contributed by atoms with Gasteiger partial charge in [0, 0.05) is 11.8 Å². The van der Waals surface area contributed by atoms with Gasteiger partial charge in [0.25, 0.3) is 0 Å². The van der Waals surface area contributed by atoms with Crippen LogP contribution < -0.4 is 5.73 Å². The molecule has 17 heavy (non-hydrogen) atoms. The maximum absolute atomic E-state index is 11.3. The van der Waals surface area contributed by atoms with Crippen LogP contribution in [-0.4, -0.2) is 18.1 Å². The van der Waals surface area contributed by atoms with Gasteiger partial charge in [0.05, 0.1) is 12.7 Å². The molecule has 0 spiro atoms. The van der Waals surface area contributed by atoms with Gasteiger partial charge in [0.15, 0.2) is 0 Å². The fraction of sp³-hybridized carbons (Fsp3) is 0.0769. The highest BCUT2D eigenvalue weighted by Gasteiger charge is 2.06. The summed E-state index contributed by atoms with van der Waals surface area (Å²) in [4.78, 5) is 15.3. The van der Waals surface area contributed by atoms with Gasteiger partial charge in [0.1, 0.15) is 5.82 Å². The molecule has 1 aromatic carbocycles. The Bertz CT molecular complexity index is 535. The zero-order chi connectivity index (χ0) is 12.3. The second-order valence-electron chi connectivity index (χ2n) is 3.51. The number of pyridine rings is 1. The number of nitrogens with zero attached hydrogens (tertiary/aromatic N) is 1. The maximum atomic E-state index is 11.3. The number of rotatable bonds is 2. The Morgan fingerprint density at radius 3 is 2.53 bits per heavy atom. The molecule has 1 aromatic heterocycles. The summed E-state index contributed by atoms with van der Waals surface area (Å²) in [5.41, 5.74) is 8.06. The van der Waals surface area contributed by atoms with Crippen molar-refractivity contribution in [3.8, 4) is 11.1 Å². The smallest absolute Gasteiger partial charge is 0.337 e.